The minimum atomic E-state index is -0.189. The zero-order valence-electron chi connectivity index (χ0n) is 8.41. The number of nitrogens with zero attached hydrogens (tertiary/aromatic N) is 1. The van der Waals surface area contributed by atoms with Gasteiger partial charge in [-0.05, 0) is 6.08 Å². The molecule has 80 valence electrons. The summed E-state index contributed by atoms with van der Waals surface area (Å²) in [5.74, 6) is 0.612. The van der Waals surface area contributed by atoms with Crippen LogP contribution in [0.25, 0.3) is 0 Å². The number of fused-ring (bicyclic) bond motifs is 1. The Balaban J connectivity index is 2.15. The number of ketones is 1. The van der Waals surface area contributed by atoms with Gasteiger partial charge < -0.3 is 10.3 Å². The molecule has 0 saturated heterocycles. The predicted molar refractivity (Wildman–Crippen MR) is 58.0 cm³/mol. The molecule has 0 unspecified atom stereocenters. The van der Waals surface area contributed by atoms with Crippen LogP contribution in [0.4, 0.5) is 5.82 Å². The number of allylic oxidation sites excluding steroid dienone is 3. The molecule has 2 N–H and O–H groups in total. The molecular formula is C11H9N3O2. The molecule has 1 aromatic rings. The van der Waals surface area contributed by atoms with Gasteiger partial charge in [-0.1, -0.05) is 6.08 Å². The zero-order valence-corrected chi connectivity index (χ0v) is 8.41. The number of hydrogen-bond donors (Lipinski definition) is 2. The quantitative estimate of drug-likeness (QED) is 0.661. The predicted octanol–water partition coefficient (Wildman–Crippen LogP) is 0.521. The van der Waals surface area contributed by atoms with E-state index in [9.17, 15) is 9.59 Å². The Labute approximate surface area is 90.9 Å². The summed E-state index contributed by atoms with van der Waals surface area (Å²) in [5.41, 5.74) is 1.78. The number of rotatable bonds is 0. The minimum absolute atomic E-state index is 0.0684. The van der Waals surface area contributed by atoms with E-state index in [4.69, 9.17) is 0 Å². The lowest BCUT2D eigenvalue weighted by atomic mass is 9.92. The first-order valence-corrected chi connectivity index (χ1v) is 5.02. The number of carbonyl (C=O) groups is 1. The van der Waals surface area contributed by atoms with Gasteiger partial charge in [0.25, 0.3) is 5.56 Å². The van der Waals surface area contributed by atoms with Gasteiger partial charge in [0.2, 0.25) is 0 Å². The summed E-state index contributed by atoms with van der Waals surface area (Å²) in [6, 6.07) is 0. The number of H-pyrrole nitrogens is 1. The standard InChI is InChI=1S/C11H9N3O2/c15-9-3-1-2-8-6(9)4-7-10(14-8)12-5-13-11(7)16/h1-2,5H,3-4H2,(H2,12,13,14,16). The van der Waals surface area contributed by atoms with Crippen LogP contribution in [0.1, 0.15) is 12.0 Å². The van der Waals surface area contributed by atoms with Crippen LogP contribution >= 0.6 is 0 Å². The number of anilines is 1. The summed E-state index contributed by atoms with van der Waals surface area (Å²) < 4.78 is 0. The van der Waals surface area contributed by atoms with Gasteiger partial charge in [-0.2, -0.15) is 0 Å². The van der Waals surface area contributed by atoms with Crippen molar-refractivity contribution in [2.45, 2.75) is 12.8 Å². The van der Waals surface area contributed by atoms with E-state index in [-0.39, 0.29) is 11.3 Å². The van der Waals surface area contributed by atoms with E-state index in [1.54, 1.807) is 0 Å². The monoisotopic (exact) mass is 215 g/mol. The smallest absolute Gasteiger partial charge is 0.256 e. The van der Waals surface area contributed by atoms with E-state index in [0.29, 0.717) is 29.8 Å². The molecule has 2 aliphatic rings. The summed E-state index contributed by atoms with van der Waals surface area (Å²) >= 11 is 0. The van der Waals surface area contributed by atoms with Crippen molar-refractivity contribution in [1.82, 2.24) is 9.97 Å². The van der Waals surface area contributed by atoms with Crippen molar-refractivity contribution in [3.8, 4) is 0 Å². The average Bonchev–Trinajstić information content (AvgIpc) is 2.28. The molecule has 5 heteroatoms. The summed E-state index contributed by atoms with van der Waals surface area (Å²) in [6.07, 6.45) is 5.81. The maximum absolute atomic E-state index is 11.7. The third kappa shape index (κ3) is 1.21. The van der Waals surface area contributed by atoms with Crippen molar-refractivity contribution >= 4 is 11.6 Å². The second-order valence-electron chi connectivity index (χ2n) is 3.78. The van der Waals surface area contributed by atoms with E-state index in [1.165, 1.54) is 6.33 Å². The summed E-state index contributed by atoms with van der Waals surface area (Å²) in [5, 5.41) is 3.01. The normalized spacial score (nSPS) is 17.9. The van der Waals surface area contributed by atoms with Crippen molar-refractivity contribution < 1.29 is 4.79 Å². The second kappa shape index (κ2) is 3.16. The van der Waals surface area contributed by atoms with Gasteiger partial charge in [0.15, 0.2) is 5.78 Å². The lowest BCUT2D eigenvalue weighted by Crippen LogP contribution is -2.26. The largest absolute Gasteiger partial charge is 0.339 e. The molecule has 0 fully saturated rings. The molecular weight excluding hydrogens is 206 g/mol. The van der Waals surface area contributed by atoms with E-state index >= 15 is 0 Å². The molecule has 5 nitrogen and oxygen atoms in total. The van der Waals surface area contributed by atoms with Gasteiger partial charge in [0, 0.05) is 24.1 Å². The Morgan fingerprint density at radius 1 is 1.31 bits per heavy atom. The van der Waals surface area contributed by atoms with Gasteiger partial charge in [-0.25, -0.2) is 4.98 Å². The fourth-order valence-corrected chi connectivity index (χ4v) is 1.97. The molecule has 3 rings (SSSR count). The van der Waals surface area contributed by atoms with E-state index in [2.05, 4.69) is 15.3 Å². The van der Waals surface area contributed by atoms with Crippen molar-refractivity contribution in [3.63, 3.8) is 0 Å². The van der Waals surface area contributed by atoms with Crippen LogP contribution in [-0.2, 0) is 11.2 Å². The highest BCUT2D eigenvalue weighted by molar-refractivity contribution is 6.00. The fraction of sp³-hybridized carbons (Fsp3) is 0.182. The molecule has 0 bridgehead atoms. The number of Topliss-reactive ketones (excluding diaryl/α,β-unsaturated/α-hetero) is 1. The van der Waals surface area contributed by atoms with Crippen molar-refractivity contribution in [2.75, 3.05) is 5.32 Å². The Morgan fingerprint density at radius 2 is 2.19 bits per heavy atom. The molecule has 1 aromatic heterocycles. The molecule has 0 radical (unpaired) electrons. The van der Waals surface area contributed by atoms with E-state index < -0.39 is 0 Å². The maximum Gasteiger partial charge on any atom is 0.256 e. The highest BCUT2D eigenvalue weighted by atomic mass is 16.1. The van der Waals surface area contributed by atoms with Gasteiger partial charge in [0.05, 0.1) is 11.9 Å². The highest BCUT2D eigenvalue weighted by Crippen LogP contribution is 2.27. The summed E-state index contributed by atoms with van der Waals surface area (Å²) in [6.45, 7) is 0. The highest BCUT2D eigenvalue weighted by Gasteiger charge is 2.25. The number of hydrogen-bond acceptors (Lipinski definition) is 4. The Morgan fingerprint density at radius 3 is 3.06 bits per heavy atom. The van der Waals surface area contributed by atoms with Gasteiger partial charge in [0.1, 0.15) is 5.82 Å². The summed E-state index contributed by atoms with van der Waals surface area (Å²) in [7, 11) is 0. The van der Waals surface area contributed by atoms with Crippen molar-refractivity contribution in [1.29, 1.82) is 0 Å². The molecule has 2 heterocycles. The Bertz CT molecular complexity index is 595. The fourth-order valence-electron chi connectivity index (χ4n) is 1.97. The molecule has 0 amide bonds. The van der Waals surface area contributed by atoms with Gasteiger partial charge in [-0.3, -0.25) is 9.59 Å². The van der Waals surface area contributed by atoms with Crippen LogP contribution in [-0.4, -0.2) is 15.8 Å². The number of aromatic nitrogens is 2. The third-order valence-electron chi connectivity index (χ3n) is 2.81. The topological polar surface area (TPSA) is 74.8 Å². The number of nitrogens with one attached hydrogen (secondary N) is 2. The Hall–Kier alpha value is -2.17. The van der Waals surface area contributed by atoms with Gasteiger partial charge in [-0.15, -0.1) is 0 Å². The maximum atomic E-state index is 11.7. The minimum Gasteiger partial charge on any atom is -0.339 e. The molecule has 0 atom stereocenters. The molecule has 0 aromatic carbocycles. The van der Waals surface area contributed by atoms with Crippen LogP contribution < -0.4 is 10.9 Å². The second-order valence-corrected chi connectivity index (χ2v) is 3.78. The van der Waals surface area contributed by atoms with Crippen molar-refractivity contribution in [3.05, 3.63) is 45.7 Å². The first-order valence-electron chi connectivity index (χ1n) is 5.02. The molecule has 16 heavy (non-hydrogen) atoms. The lowest BCUT2D eigenvalue weighted by Gasteiger charge is -2.22. The van der Waals surface area contributed by atoms with Crippen LogP contribution in [0, 0.1) is 0 Å². The van der Waals surface area contributed by atoms with Crippen LogP contribution in [0.5, 0.6) is 0 Å². The summed E-state index contributed by atoms with van der Waals surface area (Å²) in [4.78, 5) is 29.8. The third-order valence-corrected chi connectivity index (χ3v) is 2.81. The van der Waals surface area contributed by atoms with E-state index in [0.717, 1.165) is 5.70 Å². The zero-order chi connectivity index (χ0) is 11.1. The molecule has 1 aliphatic carbocycles. The van der Waals surface area contributed by atoms with Crippen LogP contribution in [0.2, 0.25) is 0 Å². The number of aromatic amines is 1. The molecule has 1 aliphatic heterocycles. The van der Waals surface area contributed by atoms with E-state index in [1.807, 2.05) is 12.2 Å². The van der Waals surface area contributed by atoms with Gasteiger partial charge >= 0.3 is 0 Å². The molecule has 0 spiro atoms. The SMILES string of the molecule is O=C1CC=CC2=C1Cc1c(nc[nH]c1=O)N2. The Kier molecular flexibility index (Phi) is 1.80. The first-order chi connectivity index (χ1) is 7.75. The van der Waals surface area contributed by atoms with Crippen LogP contribution in [0.15, 0.2) is 34.5 Å². The molecule has 0 saturated carbocycles. The van der Waals surface area contributed by atoms with Crippen LogP contribution in [0.3, 0.4) is 0 Å². The first kappa shape index (κ1) is 9.08. The van der Waals surface area contributed by atoms with Crippen molar-refractivity contribution in [2.24, 2.45) is 0 Å². The lowest BCUT2D eigenvalue weighted by molar-refractivity contribution is -0.115. The number of carbonyl (C=O) groups excluding carboxylic acids is 1. The average molecular weight is 215 g/mol.